The number of halogens is 1. The summed E-state index contributed by atoms with van der Waals surface area (Å²) in [6, 6.07) is 0.479. The maximum atomic E-state index is 11.8. The number of nitrogens with one attached hydrogen (secondary N) is 2. The zero-order valence-electron chi connectivity index (χ0n) is 10.9. The Bertz CT molecular complexity index is 254. The van der Waals surface area contributed by atoms with Gasteiger partial charge in [-0.15, -0.1) is 12.4 Å². The molecule has 3 atom stereocenters. The van der Waals surface area contributed by atoms with Gasteiger partial charge in [0.25, 0.3) is 0 Å². The molecule has 1 saturated carbocycles. The largest absolute Gasteiger partial charge is 0.353 e. The molecule has 3 unspecified atom stereocenters. The van der Waals surface area contributed by atoms with Crippen molar-refractivity contribution in [2.45, 2.75) is 45.6 Å². The van der Waals surface area contributed by atoms with Crippen LogP contribution in [-0.4, -0.2) is 25.0 Å². The summed E-state index contributed by atoms with van der Waals surface area (Å²) >= 11 is 0. The van der Waals surface area contributed by atoms with E-state index >= 15 is 0 Å². The van der Waals surface area contributed by atoms with Gasteiger partial charge >= 0.3 is 0 Å². The third kappa shape index (κ3) is 4.47. The summed E-state index contributed by atoms with van der Waals surface area (Å²) in [6.07, 6.45) is 4.35. The predicted molar refractivity (Wildman–Crippen MR) is 72.3 cm³/mol. The fraction of sp³-hybridized carbons (Fsp3) is 0.923. The van der Waals surface area contributed by atoms with E-state index in [9.17, 15) is 4.79 Å². The smallest absolute Gasteiger partial charge is 0.220 e. The van der Waals surface area contributed by atoms with E-state index in [1.165, 1.54) is 19.3 Å². The van der Waals surface area contributed by atoms with E-state index in [0.29, 0.717) is 24.3 Å². The van der Waals surface area contributed by atoms with E-state index in [2.05, 4.69) is 24.5 Å². The van der Waals surface area contributed by atoms with Crippen LogP contribution < -0.4 is 10.6 Å². The van der Waals surface area contributed by atoms with Crippen LogP contribution >= 0.6 is 12.4 Å². The van der Waals surface area contributed by atoms with Crippen LogP contribution in [0.1, 0.15) is 39.5 Å². The number of piperidine rings is 1. The maximum absolute atomic E-state index is 11.8. The molecule has 2 N–H and O–H groups in total. The van der Waals surface area contributed by atoms with Crippen LogP contribution in [-0.2, 0) is 4.79 Å². The van der Waals surface area contributed by atoms with E-state index in [0.717, 1.165) is 19.0 Å². The van der Waals surface area contributed by atoms with Crippen molar-refractivity contribution in [2.24, 2.45) is 17.8 Å². The Morgan fingerprint density at radius 2 is 2.00 bits per heavy atom. The van der Waals surface area contributed by atoms with Crippen molar-refractivity contribution >= 4 is 18.3 Å². The molecule has 0 aromatic carbocycles. The Morgan fingerprint density at radius 3 is 2.53 bits per heavy atom. The number of amides is 1. The molecule has 2 aliphatic rings. The Hall–Kier alpha value is -0.280. The lowest BCUT2D eigenvalue weighted by Crippen LogP contribution is -2.34. The quantitative estimate of drug-likeness (QED) is 0.811. The van der Waals surface area contributed by atoms with Gasteiger partial charge in [0.05, 0.1) is 0 Å². The first-order valence-corrected chi connectivity index (χ1v) is 6.67. The minimum absolute atomic E-state index is 0. The highest BCUT2D eigenvalue weighted by Gasteiger charge is 2.34. The molecular formula is C13H25ClN2O. The Kier molecular flexibility index (Phi) is 5.74. The summed E-state index contributed by atoms with van der Waals surface area (Å²) in [5.74, 6) is 2.25. The van der Waals surface area contributed by atoms with E-state index < -0.39 is 0 Å². The van der Waals surface area contributed by atoms with Crippen molar-refractivity contribution in [2.75, 3.05) is 13.1 Å². The fourth-order valence-electron chi connectivity index (χ4n) is 2.66. The normalized spacial score (nSPS) is 30.2. The van der Waals surface area contributed by atoms with Crippen LogP contribution in [0.25, 0.3) is 0 Å². The lowest BCUT2D eigenvalue weighted by molar-refractivity contribution is -0.122. The molecule has 0 aromatic rings. The van der Waals surface area contributed by atoms with Gasteiger partial charge < -0.3 is 10.6 Å². The van der Waals surface area contributed by atoms with Crippen LogP contribution in [0.3, 0.4) is 0 Å². The number of carbonyl (C=O) groups excluding carboxylic acids is 1. The maximum Gasteiger partial charge on any atom is 0.220 e. The van der Waals surface area contributed by atoms with Crippen molar-refractivity contribution in [3.05, 3.63) is 0 Å². The first-order valence-electron chi connectivity index (χ1n) is 6.67. The second kappa shape index (κ2) is 6.60. The van der Waals surface area contributed by atoms with Crippen molar-refractivity contribution in [3.8, 4) is 0 Å². The summed E-state index contributed by atoms with van der Waals surface area (Å²) in [5.41, 5.74) is 0. The molecule has 3 nitrogen and oxygen atoms in total. The third-order valence-corrected chi connectivity index (χ3v) is 4.15. The molecule has 4 heteroatoms. The van der Waals surface area contributed by atoms with Gasteiger partial charge in [-0.1, -0.05) is 13.8 Å². The van der Waals surface area contributed by atoms with E-state index in [1.807, 2.05) is 0 Å². The lowest BCUT2D eigenvalue weighted by Gasteiger charge is -2.27. The van der Waals surface area contributed by atoms with E-state index in [-0.39, 0.29) is 18.3 Å². The highest BCUT2D eigenvalue weighted by atomic mass is 35.5. The monoisotopic (exact) mass is 260 g/mol. The molecule has 1 aliphatic heterocycles. The van der Waals surface area contributed by atoms with Crippen molar-refractivity contribution < 1.29 is 4.79 Å². The standard InChI is InChI=1S/C13H24N2O.ClH/c1-9(11-3-5-14-6-4-11)8-13(16)15-12-7-10(12)2;/h9-12,14H,3-8H2,1-2H3,(H,15,16);1H. The number of carbonyl (C=O) groups is 1. The Morgan fingerprint density at radius 1 is 1.41 bits per heavy atom. The molecule has 1 heterocycles. The molecule has 2 fully saturated rings. The summed E-state index contributed by atoms with van der Waals surface area (Å²) in [6.45, 7) is 6.67. The molecule has 0 radical (unpaired) electrons. The van der Waals surface area contributed by atoms with Gasteiger partial charge in [0.2, 0.25) is 5.91 Å². The zero-order chi connectivity index (χ0) is 11.5. The summed E-state index contributed by atoms with van der Waals surface area (Å²) in [4.78, 5) is 11.8. The van der Waals surface area contributed by atoms with Crippen LogP contribution in [0.15, 0.2) is 0 Å². The van der Waals surface area contributed by atoms with Gasteiger partial charge in [-0.3, -0.25) is 4.79 Å². The van der Waals surface area contributed by atoms with E-state index in [1.54, 1.807) is 0 Å². The molecular weight excluding hydrogens is 236 g/mol. The zero-order valence-corrected chi connectivity index (χ0v) is 11.7. The number of rotatable bonds is 4. The second-order valence-electron chi connectivity index (χ2n) is 5.66. The number of hydrogen-bond acceptors (Lipinski definition) is 2. The molecule has 0 spiro atoms. The fourth-order valence-corrected chi connectivity index (χ4v) is 2.66. The van der Waals surface area contributed by atoms with Crippen molar-refractivity contribution in [1.82, 2.24) is 10.6 Å². The van der Waals surface area contributed by atoms with Crippen LogP contribution in [0.2, 0.25) is 0 Å². The molecule has 0 aromatic heterocycles. The highest BCUT2D eigenvalue weighted by molar-refractivity contribution is 5.85. The third-order valence-electron chi connectivity index (χ3n) is 4.15. The predicted octanol–water partition coefficient (Wildman–Crippen LogP) is 1.96. The van der Waals surface area contributed by atoms with Gasteiger partial charge in [-0.2, -0.15) is 0 Å². The molecule has 1 amide bonds. The molecule has 17 heavy (non-hydrogen) atoms. The summed E-state index contributed by atoms with van der Waals surface area (Å²) in [5, 5.41) is 6.49. The average molecular weight is 261 g/mol. The molecule has 1 aliphatic carbocycles. The van der Waals surface area contributed by atoms with Crippen LogP contribution in [0.5, 0.6) is 0 Å². The lowest BCUT2D eigenvalue weighted by atomic mass is 9.84. The first-order chi connectivity index (χ1) is 7.66. The van der Waals surface area contributed by atoms with E-state index in [4.69, 9.17) is 0 Å². The molecule has 100 valence electrons. The van der Waals surface area contributed by atoms with Gasteiger partial charge in [-0.05, 0) is 50.1 Å². The summed E-state index contributed by atoms with van der Waals surface area (Å²) < 4.78 is 0. The molecule has 1 saturated heterocycles. The SMILES string of the molecule is CC(CC(=O)NC1CC1C)C1CCNCC1.Cl. The van der Waals surface area contributed by atoms with Crippen LogP contribution in [0.4, 0.5) is 0 Å². The van der Waals surface area contributed by atoms with Gasteiger partial charge in [0.15, 0.2) is 0 Å². The second-order valence-corrected chi connectivity index (χ2v) is 5.66. The highest BCUT2D eigenvalue weighted by Crippen LogP contribution is 2.30. The number of hydrogen-bond donors (Lipinski definition) is 2. The average Bonchev–Trinajstić information content (AvgIpc) is 2.95. The van der Waals surface area contributed by atoms with Gasteiger partial charge in [-0.25, -0.2) is 0 Å². The van der Waals surface area contributed by atoms with Crippen molar-refractivity contribution in [3.63, 3.8) is 0 Å². The van der Waals surface area contributed by atoms with Gasteiger partial charge in [0.1, 0.15) is 0 Å². The van der Waals surface area contributed by atoms with Crippen LogP contribution in [0, 0.1) is 17.8 Å². The summed E-state index contributed by atoms with van der Waals surface area (Å²) in [7, 11) is 0. The minimum atomic E-state index is 0. The Balaban J connectivity index is 0.00000144. The van der Waals surface area contributed by atoms with Gasteiger partial charge in [0, 0.05) is 12.5 Å². The molecule has 0 bridgehead atoms. The molecule has 2 rings (SSSR count). The Labute approximate surface area is 111 Å². The minimum Gasteiger partial charge on any atom is -0.353 e. The first kappa shape index (κ1) is 14.8. The van der Waals surface area contributed by atoms with Crippen molar-refractivity contribution in [1.29, 1.82) is 0 Å². The topological polar surface area (TPSA) is 41.1 Å².